The van der Waals surface area contributed by atoms with Crippen LogP contribution in [-0.4, -0.2) is 284 Å². The van der Waals surface area contributed by atoms with Gasteiger partial charge >= 0.3 is 29.8 Å². The minimum Gasteiger partial charge on any atom is -0.469 e. The standard InChI is InChI=1S/C69H105N15O20S/c1-11-80-25-27-81(29-30-83(45-62(91)102-9)32-31-82(28-26-80)44-61(90)101-8)43-58(87)76-53(39-60(89)100-7)67(95)77-52(38-59(88)99-6)66(94)72-21-14-34-104-33-13-20-71-57(86)18-17-56(85)70-19-12-23-84-42-51(63(92)50-16-15-49(37-55(50)84)40-75-69-73-22-24-79(69)5)65(93)74-41-54(68(96)103-10)78-105(97,98)64-47(3)35-46(2)36-48(64)4/h15-16,22,24,35-37,42,52-54,58,76,78,87H,11-14,17-21,23,25-34,38-41,43-45H2,1-10H3,(H,70,85)(H,71,86)(H,72,94)(H,73,75)(H,74,93)(H,77,95)/t52-,53-,54+,58?/m1/s1. The number of ether oxygens (including phenoxy) is 6. The first kappa shape index (κ1) is 86.6. The molecule has 0 radical (unpaired) electrons. The zero-order valence-corrected chi connectivity index (χ0v) is 62.6. The van der Waals surface area contributed by atoms with Crippen molar-refractivity contribution in [2.75, 3.05) is 159 Å². The normalized spacial score (nSPS) is 14.8. The monoisotopic (exact) mass is 1500 g/mol. The third-order valence-corrected chi connectivity index (χ3v) is 19.1. The molecular weight excluding hydrogens is 1390 g/mol. The molecule has 2 aromatic carbocycles. The molecule has 1 fully saturated rings. The molecule has 0 saturated carbocycles. The van der Waals surface area contributed by atoms with Crippen molar-refractivity contribution in [3.05, 3.63) is 87.0 Å². The van der Waals surface area contributed by atoms with Gasteiger partial charge in [0.25, 0.3) is 5.91 Å². The van der Waals surface area contributed by atoms with E-state index >= 15 is 0 Å². The minimum atomic E-state index is -4.31. The molecule has 3 heterocycles. The molecule has 4 aromatic rings. The summed E-state index contributed by atoms with van der Waals surface area (Å²) in [6, 6.07) is 4.03. The Morgan fingerprint density at radius 1 is 0.638 bits per heavy atom. The highest BCUT2D eigenvalue weighted by atomic mass is 32.2. The second-order valence-electron chi connectivity index (χ2n) is 25.2. The van der Waals surface area contributed by atoms with E-state index in [0.29, 0.717) is 107 Å². The number of nitrogens with one attached hydrogen (secondary N) is 8. The summed E-state index contributed by atoms with van der Waals surface area (Å²) >= 11 is 0. The van der Waals surface area contributed by atoms with Crippen molar-refractivity contribution in [3.63, 3.8) is 0 Å². The fourth-order valence-electron chi connectivity index (χ4n) is 11.6. The molecule has 4 atom stereocenters. The number of aliphatic hydroxyl groups is 1. The Balaban J connectivity index is 1.07. The fraction of sp³-hybridized carbons (Fsp3) is 0.594. The lowest BCUT2D eigenvalue weighted by atomic mass is 10.1. The molecule has 36 heteroatoms. The lowest BCUT2D eigenvalue weighted by molar-refractivity contribution is -0.145. The SMILES string of the molecule is CCN1CCN(CC(=O)OC)CCN(CC(=O)OC)CCN(CC(O)N[C@H](CC(=O)OC)C(=O)N[C@H](CC(=O)OC)C(=O)NCCCOCCCNC(=O)CCC(=O)NCCCn2cc(C(=O)NC[C@H](NS(=O)(=O)c3c(C)cc(C)cc3C)C(=O)OC)c(=O)c3ccc(CNc4nccn4C)cc32)CC1. The average molecular weight is 1500 g/mol. The molecule has 9 N–H and O–H groups in total. The Hall–Kier alpha value is -9.01. The number of hydrogen-bond acceptors (Lipinski definition) is 27. The second kappa shape index (κ2) is 44.7. The van der Waals surface area contributed by atoms with Crippen LogP contribution >= 0.6 is 0 Å². The molecule has 5 rings (SSSR count). The predicted molar refractivity (Wildman–Crippen MR) is 384 cm³/mol. The number of likely N-dealkylation sites (N-methyl/N-ethyl adjacent to an activating group) is 1. The van der Waals surface area contributed by atoms with E-state index in [0.717, 1.165) is 32.5 Å². The zero-order chi connectivity index (χ0) is 77.2. The molecule has 5 amide bonds. The lowest BCUT2D eigenvalue weighted by Gasteiger charge is -2.34. The Morgan fingerprint density at radius 3 is 1.72 bits per heavy atom. The number of carbonyl (C=O) groups excluding carboxylic acids is 10. The van der Waals surface area contributed by atoms with Gasteiger partial charge < -0.3 is 79.5 Å². The van der Waals surface area contributed by atoms with Crippen LogP contribution in [0.3, 0.4) is 0 Å². The number of esters is 5. The first-order valence-corrected chi connectivity index (χ1v) is 36.2. The van der Waals surface area contributed by atoms with E-state index in [1.54, 1.807) is 65.7 Å². The molecule has 2 aromatic heterocycles. The van der Waals surface area contributed by atoms with Gasteiger partial charge in [-0.15, -0.1) is 0 Å². The maximum Gasteiger partial charge on any atom is 0.325 e. The smallest absolute Gasteiger partial charge is 0.325 e. The van der Waals surface area contributed by atoms with Gasteiger partial charge in [0.15, 0.2) is 0 Å². The number of rotatable bonds is 41. The number of sulfonamides is 1. The summed E-state index contributed by atoms with van der Waals surface area (Å²) < 4.78 is 63.2. The van der Waals surface area contributed by atoms with Crippen molar-refractivity contribution in [2.45, 2.75) is 115 Å². The van der Waals surface area contributed by atoms with E-state index in [1.165, 1.54) is 20.4 Å². The van der Waals surface area contributed by atoms with Gasteiger partial charge in [0.1, 0.15) is 23.9 Å². The number of hydrogen-bond donors (Lipinski definition) is 9. The number of benzene rings is 2. The summed E-state index contributed by atoms with van der Waals surface area (Å²) in [6.45, 7) is 12.3. The third kappa shape index (κ3) is 29.5. The van der Waals surface area contributed by atoms with Crippen LogP contribution in [0, 0.1) is 20.8 Å². The Bertz CT molecular complexity index is 3740. The van der Waals surface area contributed by atoms with Crippen molar-refractivity contribution in [3.8, 4) is 0 Å². The number of anilines is 1. The Labute approximate surface area is 611 Å². The number of imidazole rings is 1. The second-order valence-corrected chi connectivity index (χ2v) is 26.9. The van der Waals surface area contributed by atoms with Crippen molar-refractivity contribution in [1.29, 1.82) is 0 Å². The molecule has 0 bridgehead atoms. The van der Waals surface area contributed by atoms with E-state index in [2.05, 4.69) is 51.8 Å². The number of carbonyl (C=O) groups is 10. The van der Waals surface area contributed by atoms with Crippen LogP contribution in [-0.2, 0) is 102 Å². The number of aromatic nitrogens is 3. The number of nitrogens with zero attached hydrogens (tertiary/aromatic N) is 7. The van der Waals surface area contributed by atoms with Gasteiger partial charge in [0, 0.05) is 155 Å². The molecule has 582 valence electrons. The number of β-amino-alcohol motifs (C(OH)–C–C–N with tert-alkyl or cyclic N) is 1. The highest BCUT2D eigenvalue weighted by molar-refractivity contribution is 7.89. The van der Waals surface area contributed by atoms with Crippen LogP contribution in [0.1, 0.15) is 84.5 Å². The van der Waals surface area contributed by atoms with E-state index in [4.69, 9.17) is 28.4 Å². The predicted octanol–water partition coefficient (Wildman–Crippen LogP) is -1.69. The van der Waals surface area contributed by atoms with Crippen LogP contribution in [0.4, 0.5) is 5.95 Å². The van der Waals surface area contributed by atoms with E-state index in [1.807, 2.05) is 35.6 Å². The molecular formula is C69H105N15O20S. The van der Waals surface area contributed by atoms with Crippen molar-refractivity contribution >= 4 is 86.3 Å². The number of methoxy groups -OCH3 is 5. The van der Waals surface area contributed by atoms with E-state index < -0.39 is 107 Å². The maximum atomic E-state index is 14.1. The minimum absolute atomic E-state index is 0.0265. The van der Waals surface area contributed by atoms with Gasteiger partial charge in [0.2, 0.25) is 45.0 Å². The maximum absolute atomic E-state index is 14.1. The largest absolute Gasteiger partial charge is 0.469 e. The molecule has 0 spiro atoms. The average Bonchev–Trinajstić information content (AvgIpc) is 0.923. The van der Waals surface area contributed by atoms with Gasteiger partial charge in [-0.2, -0.15) is 4.72 Å². The number of aliphatic hydroxyl groups excluding tert-OH is 1. The van der Waals surface area contributed by atoms with Gasteiger partial charge in [-0.3, -0.25) is 72.8 Å². The molecule has 0 aliphatic carbocycles. The summed E-state index contributed by atoms with van der Waals surface area (Å²) in [6.07, 6.45) is 3.04. The van der Waals surface area contributed by atoms with Crippen LogP contribution in [0.2, 0.25) is 0 Å². The first-order valence-electron chi connectivity index (χ1n) is 34.8. The summed E-state index contributed by atoms with van der Waals surface area (Å²) in [4.78, 5) is 156. The highest BCUT2D eigenvalue weighted by Gasteiger charge is 2.33. The van der Waals surface area contributed by atoms with Crippen LogP contribution in [0.5, 0.6) is 0 Å². The molecule has 1 saturated heterocycles. The molecule has 35 nitrogen and oxygen atoms in total. The van der Waals surface area contributed by atoms with Gasteiger partial charge in [-0.25, -0.2) is 13.4 Å². The van der Waals surface area contributed by atoms with E-state index in [9.17, 15) is 66.3 Å². The van der Waals surface area contributed by atoms with Gasteiger partial charge in [0.05, 0.1) is 77.9 Å². The lowest BCUT2D eigenvalue weighted by Crippen LogP contribution is -2.57. The summed E-state index contributed by atoms with van der Waals surface area (Å²) in [5.74, 6) is -6.14. The number of pyridine rings is 1. The van der Waals surface area contributed by atoms with Crippen LogP contribution < -0.4 is 47.4 Å². The molecule has 105 heavy (non-hydrogen) atoms. The molecule has 1 unspecified atom stereocenters. The number of amides is 5. The van der Waals surface area contributed by atoms with Crippen molar-refractivity contribution in [1.82, 2.24) is 70.3 Å². The van der Waals surface area contributed by atoms with Gasteiger partial charge in [-0.1, -0.05) is 30.7 Å². The summed E-state index contributed by atoms with van der Waals surface area (Å²) in [5.41, 5.74) is 2.07. The topological polar surface area (TPSA) is 429 Å². The number of aryl methyl sites for hydroxylation is 5. The Kier molecular flexibility index (Phi) is 36.9. The third-order valence-electron chi connectivity index (χ3n) is 17.3. The summed E-state index contributed by atoms with van der Waals surface area (Å²) in [5, 5.41) is 31.0. The molecule has 1 aliphatic rings. The summed E-state index contributed by atoms with van der Waals surface area (Å²) in [7, 11) is 3.45. The first-order chi connectivity index (χ1) is 50.1. The highest BCUT2D eigenvalue weighted by Crippen LogP contribution is 2.23. The van der Waals surface area contributed by atoms with E-state index in [-0.39, 0.29) is 99.6 Å². The van der Waals surface area contributed by atoms with Gasteiger partial charge in [-0.05, 0) is 75.4 Å². The van der Waals surface area contributed by atoms with Crippen molar-refractivity contribution < 1.29 is 89.9 Å². The quantitative estimate of drug-likeness (QED) is 0.0104. The van der Waals surface area contributed by atoms with Crippen LogP contribution in [0.15, 0.2) is 58.6 Å². The zero-order valence-electron chi connectivity index (χ0n) is 61.8. The Morgan fingerprint density at radius 2 is 1.18 bits per heavy atom. The number of fused-ring (bicyclic) bond motifs is 1. The van der Waals surface area contributed by atoms with Crippen molar-refractivity contribution in [2.24, 2.45) is 7.05 Å². The van der Waals surface area contributed by atoms with Crippen LogP contribution in [0.25, 0.3) is 10.9 Å². The molecule has 1 aliphatic heterocycles. The fourth-order valence-corrected chi connectivity index (χ4v) is 13.2.